The first kappa shape index (κ1) is 27.9. The van der Waals surface area contributed by atoms with Crippen molar-refractivity contribution in [2.24, 2.45) is 11.8 Å². The molecule has 206 valence electrons. The van der Waals surface area contributed by atoms with Crippen molar-refractivity contribution >= 4 is 23.0 Å². The second kappa shape index (κ2) is 11.7. The molecule has 38 heavy (non-hydrogen) atoms. The Morgan fingerprint density at radius 2 is 1.66 bits per heavy atom. The molecule has 2 aliphatic rings. The Kier molecular flexibility index (Phi) is 8.64. The summed E-state index contributed by atoms with van der Waals surface area (Å²) in [5.41, 5.74) is 4.54. The molecule has 1 amide bonds. The number of nitro groups is 1. The van der Waals surface area contributed by atoms with Gasteiger partial charge in [-0.25, -0.2) is 0 Å². The van der Waals surface area contributed by atoms with E-state index in [1.54, 1.807) is 19.1 Å². The molecule has 0 bridgehead atoms. The van der Waals surface area contributed by atoms with Crippen molar-refractivity contribution in [2.45, 2.75) is 77.7 Å². The molecule has 1 saturated carbocycles. The second-order valence-electron chi connectivity index (χ2n) is 12.4. The third-order valence-corrected chi connectivity index (χ3v) is 8.46. The number of hydrogen-bond donors (Lipinski definition) is 1. The number of nitrogens with zero attached hydrogens (tertiary/aromatic N) is 3. The highest BCUT2D eigenvalue weighted by molar-refractivity contribution is 5.79. The molecule has 2 fully saturated rings. The molecule has 1 heterocycles. The van der Waals surface area contributed by atoms with Crippen LogP contribution in [0.4, 0.5) is 17.1 Å². The number of amides is 1. The molecule has 0 atom stereocenters. The minimum absolute atomic E-state index is 0.119. The van der Waals surface area contributed by atoms with Crippen molar-refractivity contribution in [3.8, 4) is 0 Å². The first-order chi connectivity index (χ1) is 18.0. The van der Waals surface area contributed by atoms with E-state index in [-0.39, 0.29) is 21.9 Å². The first-order valence-corrected chi connectivity index (χ1v) is 14.1. The van der Waals surface area contributed by atoms with Crippen LogP contribution in [0, 0.1) is 28.9 Å². The lowest BCUT2D eigenvalue weighted by Gasteiger charge is -2.36. The average molecular weight is 521 g/mol. The Labute approximate surface area is 227 Å². The maximum atomic E-state index is 13.2. The molecular weight excluding hydrogens is 476 g/mol. The van der Waals surface area contributed by atoms with E-state index in [0.717, 1.165) is 63.8 Å². The molecule has 0 radical (unpaired) electrons. The molecule has 7 nitrogen and oxygen atoms in total. The van der Waals surface area contributed by atoms with E-state index in [0.29, 0.717) is 23.4 Å². The van der Waals surface area contributed by atoms with Crippen LogP contribution in [0.1, 0.15) is 70.4 Å². The normalized spacial score (nSPS) is 20.7. The van der Waals surface area contributed by atoms with Crippen LogP contribution in [0.25, 0.3) is 0 Å². The zero-order chi connectivity index (χ0) is 27.4. The zero-order valence-electron chi connectivity index (χ0n) is 23.7. The van der Waals surface area contributed by atoms with Crippen LogP contribution in [-0.4, -0.2) is 48.5 Å². The molecule has 1 N–H and O–H groups in total. The molecule has 1 aliphatic carbocycles. The standard InChI is InChI=1S/C31H44N4O3/c1-22-20-27(12-15-29(22)35(37)38)32-26-10-6-23(7-11-26)21-33(5)30(36)24-16-18-34(19-17-24)28-13-8-25(9-14-28)31(2,3)4/h8-9,12-15,20,23-24,26,32H,6-7,10-11,16-19,21H2,1-5H3. The van der Waals surface area contributed by atoms with Gasteiger partial charge in [-0.2, -0.15) is 0 Å². The van der Waals surface area contributed by atoms with Crippen molar-refractivity contribution in [1.82, 2.24) is 4.90 Å². The molecule has 0 spiro atoms. The third-order valence-electron chi connectivity index (χ3n) is 8.46. The molecule has 1 aliphatic heterocycles. The SMILES string of the molecule is Cc1cc(NC2CCC(CN(C)C(=O)C3CCN(c4ccc(C(C)(C)C)cc4)CC3)CC2)ccc1[N+](=O)[O-]. The average Bonchev–Trinajstić information content (AvgIpc) is 2.89. The summed E-state index contributed by atoms with van der Waals surface area (Å²) in [7, 11) is 1.98. The Morgan fingerprint density at radius 3 is 2.21 bits per heavy atom. The lowest BCUT2D eigenvalue weighted by molar-refractivity contribution is -0.385. The van der Waals surface area contributed by atoms with Crippen LogP contribution in [-0.2, 0) is 10.2 Å². The molecule has 1 saturated heterocycles. The molecule has 2 aromatic rings. The van der Waals surface area contributed by atoms with Crippen LogP contribution >= 0.6 is 0 Å². The van der Waals surface area contributed by atoms with E-state index in [4.69, 9.17) is 0 Å². The summed E-state index contributed by atoms with van der Waals surface area (Å²) in [6.07, 6.45) is 6.10. The number of aryl methyl sites for hydroxylation is 1. The van der Waals surface area contributed by atoms with Gasteiger partial charge < -0.3 is 15.1 Å². The summed E-state index contributed by atoms with van der Waals surface area (Å²) in [6, 6.07) is 14.5. The molecule has 2 aromatic carbocycles. The van der Waals surface area contributed by atoms with Gasteiger partial charge in [0.1, 0.15) is 0 Å². The summed E-state index contributed by atoms with van der Waals surface area (Å²) >= 11 is 0. The maximum absolute atomic E-state index is 13.2. The quantitative estimate of drug-likeness (QED) is 0.331. The highest BCUT2D eigenvalue weighted by Gasteiger charge is 2.30. The number of anilines is 2. The number of nitrogens with one attached hydrogen (secondary N) is 1. The molecule has 0 unspecified atom stereocenters. The van der Waals surface area contributed by atoms with Crippen molar-refractivity contribution in [1.29, 1.82) is 0 Å². The summed E-state index contributed by atoms with van der Waals surface area (Å²) in [6.45, 7) is 11.2. The van der Waals surface area contributed by atoms with Crippen LogP contribution in [0.3, 0.4) is 0 Å². The number of nitro benzene ring substituents is 1. The topological polar surface area (TPSA) is 78.7 Å². The van der Waals surface area contributed by atoms with Crippen LogP contribution in [0.5, 0.6) is 0 Å². The fourth-order valence-corrected chi connectivity index (χ4v) is 6.02. The van der Waals surface area contributed by atoms with E-state index >= 15 is 0 Å². The van der Waals surface area contributed by atoms with Crippen molar-refractivity contribution in [2.75, 3.05) is 36.9 Å². The predicted molar refractivity (Wildman–Crippen MR) is 155 cm³/mol. The fraction of sp³-hybridized carbons (Fsp3) is 0.581. The van der Waals surface area contributed by atoms with Gasteiger partial charge in [0.15, 0.2) is 0 Å². The first-order valence-electron chi connectivity index (χ1n) is 14.1. The van der Waals surface area contributed by atoms with E-state index in [1.807, 2.05) is 18.0 Å². The second-order valence-corrected chi connectivity index (χ2v) is 12.4. The Hall–Kier alpha value is -3.09. The lowest BCUT2D eigenvalue weighted by Crippen LogP contribution is -2.43. The molecule has 4 rings (SSSR count). The smallest absolute Gasteiger partial charge is 0.272 e. The van der Waals surface area contributed by atoms with Gasteiger partial charge in [-0.1, -0.05) is 32.9 Å². The molecule has 0 aromatic heterocycles. The summed E-state index contributed by atoms with van der Waals surface area (Å²) < 4.78 is 0. The lowest BCUT2D eigenvalue weighted by atomic mass is 9.85. The number of carbonyl (C=O) groups excluding carboxylic acids is 1. The Balaban J connectivity index is 1.20. The number of hydrogen-bond acceptors (Lipinski definition) is 5. The minimum atomic E-state index is -0.336. The summed E-state index contributed by atoms with van der Waals surface area (Å²) in [5, 5.41) is 14.6. The van der Waals surface area contributed by atoms with Crippen LogP contribution < -0.4 is 10.2 Å². The minimum Gasteiger partial charge on any atom is -0.382 e. The molecule has 7 heteroatoms. The van der Waals surface area contributed by atoms with Crippen LogP contribution in [0.2, 0.25) is 0 Å². The van der Waals surface area contributed by atoms with Crippen molar-refractivity contribution < 1.29 is 9.72 Å². The molecular formula is C31H44N4O3. The Morgan fingerprint density at radius 1 is 1.03 bits per heavy atom. The van der Waals surface area contributed by atoms with E-state index in [2.05, 4.69) is 55.3 Å². The largest absolute Gasteiger partial charge is 0.382 e. The Bertz CT molecular complexity index is 1110. The fourth-order valence-electron chi connectivity index (χ4n) is 6.02. The third kappa shape index (κ3) is 6.86. The van der Waals surface area contributed by atoms with Gasteiger partial charge in [-0.3, -0.25) is 14.9 Å². The predicted octanol–water partition coefficient (Wildman–Crippen LogP) is 6.55. The van der Waals surface area contributed by atoms with Gasteiger partial charge in [0.2, 0.25) is 5.91 Å². The maximum Gasteiger partial charge on any atom is 0.272 e. The number of benzene rings is 2. The number of rotatable bonds is 7. The van der Waals surface area contributed by atoms with Gasteiger partial charge in [-0.15, -0.1) is 0 Å². The van der Waals surface area contributed by atoms with Gasteiger partial charge in [-0.05, 0) is 86.6 Å². The summed E-state index contributed by atoms with van der Waals surface area (Å²) in [4.78, 5) is 28.4. The number of piperidine rings is 1. The van der Waals surface area contributed by atoms with Crippen molar-refractivity contribution in [3.05, 3.63) is 63.7 Å². The monoisotopic (exact) mass is 520 g/mol. The van der Waals surface area contributed by atoms with Gasteiger partial charge in [0, 0.05) is 61.6 Å². The van der Waals surface area contributed by atoms with E-state index in [1.165, 1.54) is 11.3 Å². The van der Waals surface area contributed by atoms with E-state index < -0.39 is 0 Å². The van der Waals surface area contributed by atoms with Gasteiger partial charge in [0.05, 0.1) is 4.92 Å². The summed E-state index contributed by atoms with van der Waals surface area (Å²) in [5.74, 6) is 0.949. The van der Waals surface area contributed by atoms with Gasteiger partial charge >= 0.3 is 0 Å². The van der Waals surface area contributed by atoms with Gasteiger partial charge in [0.25, 0.3) is 5.69 Å². The van der Waals surface area contributed by atoms with Crippen molar-refractivity contribution in [3.63, 3.8) is 0 Å². The zero-order valence-corrected chi connectivity index (χ0v) is 23.7. The highest BCUT2D eigenvalue weighted by Crippen LogP contribution is 2.31. The number of carbonyl (C=O) groups is 1. The van der Waals surface area contributed by atoms with E-state index in [9.17, 15) is 14.9 Å². The highest BCUT2D eigenvalue weighted by atomic mass is 16.6. The van der Waals surface area contributed by atoms with Crippen LogP contribution in [0.15, 0.2) is 42.5 Å².